The first-order valence-electron chi connectivity index (χ1n) is 5.10. The third-order valence-corrected chi connectivity index (χ3v) is 3.04. The minimum atomic E-state index is -0.438. The molecule has 1 heterocycles. The number of nitrogens with two attached hydrogens (primary N) is 1. The zero-order chi connectivity index (χ0) is 11.3. The Morgan fingerprint density at radius 1 is 1.69 bits per heavy atom. The number of rotatable bonds is 5. The van der Waals surface area contributed by atoms with E-state index in [-0.39, 0.29) is 18.3 Å². The van der Waals surface area contributed by atoms with E-state index in [2.05, 4.69) is 17.2 Å². The number of nitrogens with zero attached hydrogens (tertiary/aromatic N) is 1. The molecule has 4 nitrogen and oxygen atoms in total. The van der Waals surface area contributed by atoms with Gasteiger partial charge in [-0.2, -0.15) is 0 Å². The van der Waals surface area contributed by atoms with Gasteiger partial charge in [0.15, 0.2) is 0 Å². The van der Waals surface area contributed by atoms with Crippen molar-refractivity contribution in [1.82, 2.24) is 10.3 Å². The molecule has 1 aromatic rings. The molecule has 0 aromatic carbocycles. The van der Waals surface area contributed by atoms with Crippen molar-refractivity contribution in [2.75, 3.05) is 6.54 Å². The van der Waals surface area contributed by atoms with Crippen molar-refractivity contribution < 1.29 is 4.79 Å². The number of aryl methyl sites for hydroxylation is 1. The molecule has 0 bridgehead atoms. The maximum Gasteiger partial charge on any atom is 0.236 e. The lowest BCUT2D eigenvalue weighted by Crippen LogP contribution is -2.39. The summed E-state index contributed by atoms with van der Waals surface area (Å²) in [6.07, 6.45) is 1.74. The fourth-order valence-electron chi connectivity index (χ4n) is 1.10. The summed E-state index contributed by atoms with van der Waals surface area (Å²) in [5, 5.41) is 5.94. The summed E-state index contributed by atoms with van der Waals surface area (Å²) in [5.41, 5.74) is 6.46. The average Bonchev–Trinajstić information content (AvgIpc) is 2.65. The molecule has 6 heteroatoms. The van der Waals surface area contributed by atoms with Gasteiger partial charge in [0.1, 0.15) is 0 Å². The zero-order valence-electron chi connectivity index (χ0n) is 9.53. The smallest absolute Gasteiger partial charge is 0.236 e. The summed E-state index contributed by atoms with van der Waals surface area (Å²) >= 11 is 1.67. The quantitative estimate of drug-likeness (QED) is 0.837. The largest absolute Gasteiger partial charge is 0.354 e. The molecular formula is C10H18ClN3OS. The van der Waals surface area contributed by atoms with Crippen LogP contribution in [0, 0.1) is 0 Å². The zero-order valence-corrected chi connectivity index (χ0v) is 11.2. The molecule has 1 atom stereocenters. The summed E-state index contributed by atoms with van der Waals surface area (Å²) in [5.74, 6) is -0.110. The highest BCUT2D eigenvalue weighted by Crippen LogP contribution is 2.09. The van der Waals surface area contributed by atoms with E-state index in [4.69, 9.17) is 5.73 Å². The monoisotopic (exact) mass is 263 g/mol. The third kappa shape index (κ3) is 4.92. The number of hydrogen-bond donors (Lipinski definition) is 2. The fourth-order valence-corrected chi connectivity index (χ4v) is 1.88. The first kappa shape index (κ1) is 15.3. The van der Waals surface area contributed by atoms with Gasteiger partial charge in [-0.15, -0.1) is 23.7 Å². The van der Waals surface area contributed by atoms with Gasteiger partial charge in [-0.25, -0.2) is 4.98 Å². The van der Waals surface area contributed by atoms with Gasteiger partial charge in [-0.3, -0.25) is 4.79 Å². The molecular weight excluding hydrogens is 246 g/mol. The first-order chi connectivity index (χ1) is 7.13. The Bertz CT molecular complexity index is 328. The normalized spacial score (nSPS) is 11.7. The Hall–Kier alpha value is -0.650. The van der Waals surface area contributed by atoms with Crippen molar-refractivity contribution >= 4 is 29.7 Å². The summed E-state index contributed by atoms with van der Waals surface area (Å²) in [6.45, 7) is 4.36. The standard InChI is InChI=1S/C10H17N3OS.ClH/c1-3-9-13-8(6-15-9)4-5-12-10(14)7(2)11;/h6-7H,3-5,11H2,1-2H3,(H,12,14);1H. The lowest BCUT2D eigenvalue weighted by Gasteiger charge is -2.05. The molecule has 1 aromatic heterocycles. The van der Waals surface area contributed by atoms with E-state index in [1.54, 1.807) is 18.3 Å². The molecule has 1 amide bonds. The molecule has 1 rings (SSSR count). The highest BCUT2D eigenvalue weighted by Gasteiger charge is 2.06. The Kier molecular flexibility index (Phi) is 7.29. The molecule has 0 aliphatic rings. The third-order valence-electron chi connectivity index (χ3n) is 2.00. The van der Waals surface area contributed by atoms with Gasteiger partial charge in [0, 0.05) is 18.3 Å². The van der Waals surface area contributed by atoms with Crippen molar-refractivity contribution in [2.45, 2.75) is 32.7 Å². The van der Waals surface area contributed by atoms with Crippen LogP contribution >= 0.6 is 23.7 Å². The van der Waals surface area contributed by atoms with Gasteiger partial charge >= 0.3 is 0 Å². The summed E-state index contributed by atoms with van der Waals surface area (Å²) in [6, 6.07) is -0.438. The SMILES string of the molecule is CCc1nc(CCNC(=O)C(C)N)cs1.Cl. The molecule has 0 saturated carbocycles. The maximum atomic E-state index is 11.1. The highest BCUT2D eigenvalue weighted by molar-refractivity contribution is 7.09. The number of thiazole rings is 1. The number of nitrogens with one attached hydrogen (secondary N) is 1. The minimum Gasteiger partial charge on any atom is -0.354 e. The minimum absolute atomic E-state index is 0. The molecule has 3 N–H and O–H groups in total. The molecule has 92 valence electrons. The number of amides is 1. The molecule has 0 fully saturated rings. The van der Waals surface area contributed by atoms with E-state index in [9.17, 15) is 4.79 Å². The first-order valence-corrected chi connectivity index (χ1v) is 5.98. The van der Waals surface area contributed by atoms with Crippen LogP contribution in [-0.2, 0) is 17.6 Å². The van der Waals surface area contributed by atoms with E-state index >= 15 is 0 Å². The Morgan fingerprint density at radius 2 is 2.38 bits per heavy atom. The molecule has 0 spiro atoms. The van der Waals surface area contributed by atoms with Crippen LogP contribution in [0.25, 0.3) is 0 Å². The van der Waals surface area contributed by atoms with Crippen LogP contribution in [0.3, 0.4) is 0 Å². The summed E-state index contributed by atoms with van der Waals surface area (Å²) < 4.78 is 0. The van der Waals surface area contributed by atoms with Crippen molar-refractivity contribution in [3.63, 3.8) is 0 Å². The lowest BCUT2D eigenvalue weighted by atomic mass is 10.3. The second-order valence-electron chi connectivity index (χ2n) is 3.42. The van der Waals surface area contributed by atoms with Gasteiger partial charge in [0.25, 0.3) is 0 Å². The fraction of sp³-hybridized carbons (Fsp3) is 0.600. The molecule has 0 aliphatic heterocycles. The van der Waals surface area contributed by atoms with Crippen LogP contribution in [0.1, 0.15) is 24.5 Å². The Balaban J connectivity index is 0.00000225. The Morgan fingerprint density at radius 3 is 2.88 bits per heavy atom. The number of aromatic nitrogens is 1. The van der Waals surface area contributed by atoms with Crippen LogP contribution in [0.4, 0.5) is 0 Å². The van der Waals surface area contributed by atoms with Crippen molar-refractivity contribution in [3.8, 4) is 0 Å². The van der Waals surface area contributed by atoms with E-state index < -0.39 is 6.04 Å². The van der Waals surface area contributed by atoms with Crippen LogP contribution in [0.5, 0.6) is 0 Å². The second kappa shape index (κ2) is 7.60. The van der Waals surface area contributed by atoms with Crippen molar-refractivity contribution in [2.24, 2.45) is 5.73 Å². The van der Waals surface area contributed by atoms with Gasteiger partial charge in [0.2, 0.25) is 5.91 Å². The van der Waals surface area contributed by atoms with Crippen LogP contribution in [-0.4, -0.2) is 23.5 Å². The predicted octanol–water partition coefficient (Wildman–Crippen LogP) is 1.13. The topological polar surface area (TPSA) is 68.0 Å². The van der Waals surface area contributed by atoms with Gasteiger partial charge in [-0.05, 0) is 13.3 Å². The summed E-state index contributed by atoms with van der Waals surface area (Å²) in [7, 11) is 0. The molecule has 0 radical (unpaired) electrons. The maximum absolute atomic E-state index is 11.1. The molecule has 16 heavy (non-hydrogen) atoms. The van der Waals surface area contributed by atoms with Gasteiger partial charge in [0.05, 0.1) is 16.7 Å². The van der Waals surface area contributed by atoms with Crippen LogP contribution in [0.15, 0.2) is 5.38 Å². The van der Waals surface area contributed by atoms with Crippen LogP contribution < -0.4 is 11.1 Å². The number of halogens is 1. The lowest BCUT2D eigenvalue weighted by molar-refractivity contribution is -0.121. The van der Waals surface area contributed by atoms with E-state index in [1.807, 2.05) is 5.38 Å². The summed E-state index contributed by atoms with van der Waals surface area (Å²) in [4.78, 5) is 15.5. The molecule has 0 aliphatic carbocycles. The molecule has 0 saturated heterocycles. The average molecular weight is 264 g/mol. The van der Waals surface area contributed by atoms with E-state index in [0.717, 1.165) is 23.5 Å². The number of hydrogen-bond acceptors (Lipinski definition) is 4. The van der Waals surface area contributed by atoms with Crippen molar-refractivity contribution in [3.05, 3.63) is 16.1 Å². The Labute approximate surface area is 106 Å². The highest BCUT2D eigenvalue weighted by atomic mass is 35.5. The van der Waals surface area contributed by atoms with Gasteiger partial charge < -0.3 is 11.1 Å². The molecule has 1 unspecified atom stereocenters. The number of carbonyl (C=O) groups is 1. The van der Waals surface area contributed by atoms with Crippen LogP contribution in [0.2, 0.25) is 0 Å². The van der Waals surface area contributed by atoms with E-state index in [0.29, 0.717) is 6.54 Å². The van der Waals surface area contributed by atoms with Crippen molar-refractivity contribution in [1.29, 1.82) is 0 Å². The second-order valence-corrected chi connectivity index (χ2v) is 4.36. The number of carbonyl (C=O) groups excluding carboxylic acids is 1. The van der Waals surface area contributed by atoms with Gasteiger partial charge in [-0.1, -0.05) is 6.92 Å². The van der Waals surface area contributed by atoms with E-state index in [1.165, 1.54) is 0 Å². The predicted molar refractivity (Wildman–Crippen MR) is 69.1 cm³/mol.